The molecule has 1 aliphatic carbocycles. The molecular formula is C15H28NO4+. The molecule has 1 rings (SSSR count). The van der Waals surface area contributed by atoms with Gasteiger partial charge in [-0.05, 0) is 19.8 Å². The number of carboxylic acids is 1. The van der Waals surface area contributed by atoms with E-state index in [0.29, 0.717) is 4.48 Å². The normalized spacial score (nSPS) is 22.1. The first-order valence-electron chi connectivity index (χ1n) is 7.35. The van der Waals surface area contributed by atoms with E-state index in [0.717, 1.165) is 25.7 Å². The number of Topliss-reactive ketones (excluding diaryl/α,β-unsaturated/α-hetero) is 1. The molecular weight excluding hydrogens is 258 g/mol. The van der Waals surface area contributed by atoms with E-state index < -0.39 is 23.8 Å². The highest BCUT2D eigenvalue weighted by Crippen LogP contribution is 2.37. The van der Waals surface area contributed by atoms with Gasteiger partial charge in [0.15, 0.2) is 11.4 Å². The zero-order valence-corrected chi connectivity index (χ0v) is 13.1. The number of ketones is 1. The lowest BCUT2D eigenvalue weighted by molar-refractivity contribution is -0.906. The van der Waals surface area contributed by atoms with Crippen LogP contribution < -0.4 is 0 Å². The van der Waals surface area contributed by atoms with Crippen LogP contribution in [-0.4, -0.2) is 59.2 Å². The van der Waals surface area contributed by atoms with Crippen molar-refractivity contribution in [2.45, 2.75) is 57.1 Å². The predicted molar refractivity (Wildman–Crippen MR) is 76.3 cm³/mol. The van der Waals surface area contributed by atoms with Crippen molar-refractivity contribution in [3.63, 3.8) is 0 Å². The minimum Gasteiger partial charge on any atom is -0.481 e. The van der Waals surface area contributed by atoms with Gasteiger partial charge in [-0.3, -0.25) is 9.59 Å². The van der Waals surface area contributed by atoms with Gasteiger partial charge < -0.3 is 14.7 Å². The highest BCUT2D eigenvalue weighted by atomic mass is 16.4. The van der Waals surface area contributed by atoms with Gasteiger partial charge >= 0.3 is 5.97 Å². The molecule has 0 aromatic rings. The molecule has 0 saturated heterocycles. The Bertz CT molecular complexity index is 369. The minimum absolute atomic E-state index is 0.192. The Morgan fingerprint density at radius 1 is 1.20 bits per heavy atom. The van der Waals surface area contributed by atoms with Crippen LogP contribution in [0.25, 0.3) is 0 Å². The minimum atomic E-state index is -1.79. The number of aliphatic carboxylic acids is 1. The van der Waals surface area contributed by atoms with Crippen molar-refractivity contribution < 1.29 is 24.3 Å². The van der Waals surface area contributed by atoms with Crippen molar-refractivity contribution in [1.82, 2.24) is 0 Å². The van der Waals surface area contributed by atoms with Gasteiger partial charge in [-0.1, -0.05) is 19.3 Å². The SMILES string of the molecule is CC(=O)C(O)(CC(=O)O)C(C1CCCCC1)[N+](C)(C)C. The third kappa shape index (κ3) is 3.79. The lowest BCUT2D eigenvalue weighted by atomic mass is 9.72. The molecule has 0 amide bonds. The van der Waals surface area contributed by atoms with Gasteiger partial charge in [0.25, 0.3) is 0 Å². The van der Waals surface area contributed by atoms with Crippen LogP contribution in [-0.2, 0) is 9.59 Å². The molecule has 1 fully saturated rings. The standard InChI is InChI=1S/C15H27NO4/c1-11(17)15(20,10-13(18)19)14(16(2,3)4)12-8-6-5-7-9-12/h12,14,20H,5-10H2,1-4H3/p+1. The molecule has 0 aromatic heterocycles. The van der Waals surface area contributed by atoms with Crippen LogP contribution in [0.1, 0.15) is 45.4 Å². The van der Waals surface area contributed by atoms with Crippen molar-refractivity contribution in [1.29, 1.82) is 0 Å². The molecule has 0 aliphatic heterocycles. The molecule has 116 valence electrons. The third-order valence-corrected chi connectivity index (χ3v) is 4.45. The van der Waals surface area contributed by atoms with Crippen LogP contribution in [0.15, 0.2) is 0 Å². The zero-order chi connectivity index (χ0) is 15.6. The van der Waals surface area contributed by atoms with Crippen molar-refractivity contribution in [2.24, 2.45) is 5.92 Å². The highest BCUT2D eigenvalue weighted by Gasteiger charge is 2.53. The van der Waals surface area contributed by atoms with Crippen LogP contribution in [0.3, 0.4) is 0 Å². The fourth-order valence-corrected chi connectivity index (χ4v) is 3.78. The second kappa shape index (κ2) is 6.22. The number of carbonyl (C=O) groups is 2. The summed E-state index contributed by atoms with van der Waals surface area (Å²) in [5.74, 6) is -1.38. The second-order valence-electron chi connectivity index (χ2n) is 7.01. The van der Waals surface area contributed by atoms with E-state index in [-0.39, 0.29) is 12.0 Å². The van der Waals surface area contributed by atoms with E-state index in [1.807, 2.05) is 21.1 Å². The first kappa shape index (κ1) is 17.1. The first-order chi connectivity index (χ1) is 9.09. The Kier molecular flexibility index (Phi) is 5.33. The van der Waals surface area contributed by atoms with Crippen molar-refractivity contribution in [3.8, 4) is 0 Å². The van der Waals surface area contributed by atoms with Crippen LogP contribution >= 0.6 is 0 Å². The maximum atomic E-state index is 12.0. The monoisotopic (exact) mass is 286 g/mol. The van der Waals surface area contributed by atoms with Crippen molar-refractivity contribution >= 4 is 11.8 Å². The number of nitrogens with zero attached hydrogens (tertiary/aromatic N) is 1. The van der Waals surface area contributed by atoms with E-state index in [1.54, 1.807) is 0 Å². The number of carboxylic acid groups (broad SMARTS) is 1. The van der Waals surface area contributed by atoms with Gasteiger partial charge in [-0.2, -0.15) is 0 Å². The lowest BCUT2D eigenvalue weighted by Crippen LogP contribution is -2.65. The van der Waals surface area contributed by atoms with Gasteiger partial charge in [-0.25, -0.2) is 0 Å². The van der Waals surface area contributed by atoms with E-state index in [4.69, 9.17) is 5.11 Å². The number of hydrogen-bond acceptors (Lipinski definition) is 3. The number of aliphatic hydroxyl groups is 1. The average molecular weight is 286 g/mol. The molecule has 0 spiro atoms. The van der Waals surface area contributed by atoms with Crippen LogP contribution in [0.4, 0.5) is 0 Å². The number of quaternary nitrogens is 1. The van der Waals surface area contributed by atoms with Gasteiger partial charge in [0.05, 0.1) is 27.6 Å². The van der Waals surface area contributed by atoms with Crippen LogP contribution in [0.2, 0.25) is 0 Å². The number of likely N-dealkylation sites (N-methyl/N-ethyl adjacent to an activating group) is 1. The predicted octanol–water partition coefficient (Wildman–Crippen LogP) is 1.44. The van der Waals surface area contributed by atoms with Crippen molar-refractivity contribution in [2.75, 3.05) is 21.1 Å². The molecule has 5 nitrogen and oxygen atoms in total. The number of hydrogen-bond donors (Lipinski definition) is 2. The molecule has 0 bridgehead atoms. The molecule has 2 atom stereocenters. The van der Waals surface area contributed by atoms with Crippen LogP contribution in [0, 0.1) is 5.92 Å². The molecule has 20 heavy (non-hydrogen) atoms. The molecule has 5 heteroatoms. The summed E-state index contributed by atoms with van der Waals surface area (Å²) < 4.78 is 0.397. The summed E-state index contributed by atoms with van der Waals surface area (Å²) in [7, 11) is 5.78. The largest absolute Gasteiger partial charge is 0.481 e. The fourth-order valence-electron chi connectivity index (χ4n) is 3.78. The molecule has 0 heterocycles. The lowest BCUT2D eigenvalue weighted by Gasteiger charge is -2.47. The van der Waals surface area contributed by atoms with Gasteiger partial charge in [-0.15, -0.1) is 0 Å². The van der Waals surface area contributed by atoms with E-state index in [9.17, 15) is 14.7 Å². The highest BCUT2D eigenvalue weighted by molar-refractivity contribution is 5.89. The first-order valence-corrected chi connectivity index (χ1v) is 7.35. The summed E-state index contributed by atoms with van der Waals surface area (Å²) in [6.07, 6.45) is 4.74. The summed E-state index contributed by atoms with van der Waals surface area (Å²) in [5.41, 5.74) is -1.79. The summed E-state index contributed by atoms with van der Waals surface area (Å²) in [6.45, 7) is 1.30. The quantitative estimate of drug-likeness (QED) is 0.725. The van der Waals surface area contributed by atoms with E-state index in [1.165, 1.54) is 13.3 Å². The summed E-state index contributed by atoms with van der Waals surface area (Å²) >= 11 is 0. The van der Waals surface area contributed by atoms with Crippen molar-refractivity contribution in [3.05, 3.63) is 0 Å². The molecule has 0 aromatic carbocycles. The average Bonchev–Trinajstić information content (AvgIpc) is 2.27. The smallest absolute Gasteiger partial charge is 0.307 e. The summed E-state index contributed by atoms with van der Waals surface area (Å²) in [4.78, 5) is 23.1. The molecule has 2 unspecified atom stereocenters. The van der Waals surface area contributed by atoms with E-state index >= 15 is 0 Å². The molecule has 0 radical (unpaired) electrons. The topological polar surface area (TPSA) is 74.6 Å². The Hall–Kier alpha value is -0.940. The number of carbonyl (C=O) groups excluding carboxylic acids is 1. The molecule has 1 saturated carbocycles. The Morgan fingerprint density at radius 3 is 2.05 bits per heavy atom. The zero-order valence-electron chi connectivity index (χ0n) is 13.1. The van der Waals surface area contributed by atoms with Crippen LogP contribution in [0.5, 0.6) is 0 Å². The Balaban J connectivity index is 3.17. The summed E-state index contributed by atoms with van der Waals surface area (Å²) in [5, 5.41) is 20.0. The summed E-state index contributed by atoms with van der Waals surface area (Å²) in [6, 6.07) is -0.378. The second-order valence-corrected chi connectivity index (χ2v) is 7.01. The fraction of sp³-hybridized carbons (Fsp3) is 0.867. The molecule has 1 aliphatic rings. The Labute approximate surface area is 121 Å². The number of rotatable bonds is 6. The van der Waals surface area contributed by atoms with Gasteiger partial charge in [0.1, 0.15) is 6.04 Å². The van der Waals surface area contributed by atoms with Gasteiger partial charge in [0, 0.05) is 5.92 Å². The third-order valence-electron chi connectivity index (χ3n) is 4.45. The maximum absolute atomic E-state index is 12.0. The molecule has 2 N–H and O–H groups in total. The van der Waals surface area contributed by atoms with E-state index in [2.05, 4.69) is 0 Å². The van der Waals surface area contributed by atoms with Gasteiger partial charge in [0.2, 0.25) is 0 Å². The maximum Gasteiger partial charge on any atom is 0.307 e. The Morgan fingerprint density at radius 2 is 1.70 bits per heavy atom.